The van der Waals surface area contributed by atoms with Crippen LogP contribution in [0.25, 0.3) is 10.8 Å². The summed E-state index contributed by atoms with van der Waals surface area (Å²) in [5.74, 6) is 0.860. The van der Waals surface area contributed by atoms with Crippen molar-refractivity contribution in [3.05, 3.63) is 72.3 Å². The minimum absolute atomic E-state index is 0.336. The average Bonchev–Trinajstić information content (AvgIpc) is 2.62. The molecule has 0 saturated heterocycles. The molecule has 0 aliphatic rings. The number of benzene rings is 3. The van der Waals surface area contributed by atoms with E-state index in [9.17, 15) is 4.79 Å². The number of nitrogens with one attached hydrogen (secondary N) is 1. The number of fused-ring (bicyclic) bond motifs is 1. The third kappa shape index (κ3) is 3.71. The maximum absolute atomic E-state index is 11.2. The molecule has 0 saturated carbocycles. The second-order valence-corrected chi connectivity index (χ2v) is 5.54. The molecule has 3 rings (SSSR count). The summed E-state index contributed by atoms with van der Waals surface area (Å²) >= 11 is 0. The monoisotopic (exact) mass is 322 g/mol. The number of nitrogens with two attached hydrogens (primary N) is 1. The highest BCUT2D eigenvalue weighted by atomic mass is 16.5. The highest BCUT2D eigenvalue weighted by Crippen LogP contribution is 2.26. The van der Waals surface area contributed by atoms with Crippen molar-refractivity contribution in [2.75, 3.05) is 0 Å². The molecule has 0 radical (unpaired) electrons. The molecular weight excluding hydrogens is 304 g/mol. The summed E-state index contributed by atoms with van der Waals surface area (Å²) in [4.78, 5) is 11.2. The van der Waals surface area contributed by atoms with Crippen LogP contribution in [0.4, 0.5) is 0 Å². The van der Waals surface area contributed by atoms with Crippen molar-refractivity contribution in [3.8, 4) is 11.5 Å². The molecule has 0 aliphatic carbocycles. The van der Waals surface area contributed by atoms with Crippen LogP contribution in [-0.2, 0) is 11.2 Å². The van der Waals surface area contributed by atoms with E-state index in [1.165, 1.54) is 0 Å². The molecule has 3 aromatic rings. The predicted molar refractivity (Wildman–Crippen MR) is 92.1 cm³/mol. The first-order valence-electron chi connectivity index (χ1n) is 7.61. The van der Waals surface area contributed by atoms with Gasteiger partial charge in [-0.25, -0.2) is 5.48 Å². The summed E-state index contributed by atoms with van der Waals surface area (Å²) in [6.07, 6.45) is 0.336. The Morgan fingerprint density at radius 3 is 2.38 bits per heavy atom. The van der Waals surface area contributed by atoms with Crippen LogP contribution >= 0.6 is 0 Å². The van der Waals surface area contributed by atoms with Crippen molar-refractivity contribution in [1.82, 2.24) is 5.48 Å². The number of amides is 1. The second kappa shape index (κ2) is 7.12. The number of carbonyl (C=O) groups excluding carboxylic acids is 1. The van der Waals surface area contributed by atoms with Crippen LogP contribution in [0.5, 0.6) is 11.5 Å². The molecule has 0 spiro atoms. The number of hydrogen-bond acceptors (Lipinski definition) is 4. The van der Waals surface area contributed by atoms with E-state index in [1.54, 1.807) is 5.48 Å². The lowest BCUT2D eigenvalue weighted by molar-refractivity contribution is -0.130. The van der Waals surface area contributed by atoms with Gasteiger partial charge in [-0.1, -0.05) is 42.5 Å². The van der Waals surface area contributed by atoms with Crippen molar-refractivity contribution in [3.63, 3.8) is 0 Å². The van der Waals surface area contributed by atoms with Crippen LogP contribution in [0.3, 0.4) is 0 Å². The maximum Gasteiger partial charge on any atom is 0.260 e. The third-order valence-corrected chi connectivity index (χ3v) is 3.78. The van der Waals surface area contributed by atoms with Crippen molar-refractivity contribution in [1.29, 1.82) is 0 Å². The van der Waals surface area contributed by atoms with Crippen LogP contribution in [-0.4, -0.2) is 17.2 Å². The van der Waals surface area contributed by atoms with Crippen molar-refractivity contribution < 1.29 is 14.7 Å². The molecule has 4 N–H and O–H groups in total. The summed E-state index contributed by atoms with van der Waals surface area (Å²) in [5.41, 5.74) is 8.11. The molecule has 0 aromatic heterocycles. The summed E-state index contributed by atoms with van der Waals surface area (Å²) < 4.78 is 5.86. The van der Waals surface area contributed by atoms with Crippen LogP contribution in [0.1, 0.15) is 5.56 Å². The van der Waals surface area contributed by atoms with Gasteiger partial charge < -0.3 is 10.5 Å². The second-order valence-electron chi connectivity index (χ2n) is 5.54. The van der Waals surface area contributed by atoms with Gasteiger partial charge in [0.2, 0.25) is 0 Å². The number of hydrogen-bond donors (Lipinski definition) is 3. The first-order chi connectivity index (χ1) is 11.7. The molecule has 1 atom stereocenters. The van der Waals surface area contributed by atoms with Gasteiger partial charge in [-0.2, -0.15) is 0 Å². The Balaban J connectivity index is 1.70. The molecule has 3 aromatic carbocycles. The summed E-state index contributed by atoms with van der Waals surface area (Å²) in [7, 11) is 0. The predicted octanol–water partition coefficient (Wildman–Crippen LogP) is 3.01. The number of rotatable bonds is 5. The highest BCUT2D eigenvalue weighted by molar-refractivity contribution is 5.83. The number of hydroxylamine groups is 1. The van der Waals surface area contributed by atoms with E-state index in [1.807, 2.05) is 60.7 Å². The standard InChI is InChI=1S/C19H18N2O3/c20-18(19(22)21-23)11-13-5-8-16(9-6-13)24-17-10-7-14-3-1-2-4-15(14)12-17/h1-10,12,18,23H,11,20H2,(H,21,22). The largest absolute Gasteiger partial charge is 0.457 e. The Kier molecular flexibility index (Phi) is 4.74. The molecule has 0 heterocycles. The van der Waals surface area contributed by atoms with Gasteiger partial charge in [0.05, 0.1) is 6.04 Å². The van der Waals surface area contributed by atoms with E-state index in [4.69, 9.17) is 15.7 Å². The van der Waals surface area contributed by atoms with Crippen LogP contribution < -0.4 is 16.0 Å². The molecule has 5 heteroatoms. The summed E-state index contributed by atoms with van der Waals surface area (Å²) in [5, 5.41) is 10.8. The molecule has 1 unspecified atom stereocenters. The quantitative estimate of drug-likeness (QED) is 0.498. The Bertz CT molecular complexity index is 847. The summed E-state index contributed by atoms with van der Waals surface area (Å²) in [6.45, 7) is 0. The normalized spacial score (nSPS) is 11.9. The van der Waals surface area contributed by atoms with Gasteiger partial charge in [0, 0.05) is 0 Å². The van der Waals surface area contributed by atoms with Crippen molar-refractivity contribution >= 4 is 16.7 Å². The zero-order valence-electron chi connectivity index (χ0n) is 13.0. The molecule has 0 bridgehead atoms. The van der Waals surface area contributed by atoms with Gasteiger partial charge in [0.15, 0.2) is 0 Å². The minimum Gasteiger partial charge on any atom is -0.457 e. The maximum atomic E-state index is 11.2. The smallest absolute Gasteiger partial charge is 0.260 e. The summed E-state index contributed by atoms with van der Waals surface area (Å²) in [6, 6.07) is 20.6. The average molecular weight is 322 g/mol. The van der Waals surface area contributed by atoms with E-state index < -0.39 is 11.9 Å². The van der Waals surface area contributed by atoms with Gasteiger partial charge in [0.1, 0.15) is 11.5 Å². The third-order valence-electron chi connectivity index (χ3n) is 3.78. The zero-order chi connectivity index (χ0) is 16.9. The van der Waals surface area contributed by atoms with Crippen LogP contribution in [0, 0.1) is 0 Å². The SMILES string of the molecule is NC(Cc1ccc(Oc2ccc3ccccc3c2)cc1)C(=O)NO. The fourth-order valence-corrected chi connectivity index (χ4v) is 2.49. The molecule has 0 aliphatic heterocycles. The number of carbonyl (C=O) groups is 1. The van der Waals surface area contributed by atoms with Crippen LogP contribution in [0.2, 0.25) is 0 Å². The fourth-order valence-electron chi connectivity index (χ4n) is 2.49. The molecule has 122 valence electrons. The van der Waals surface area contributed by atoms with Gasteiger partial charge in [0.25, 0.3) is 5.91 Å². The van der Waals surface area contributed by atoms with E-state index in [2.05, 4.69) is 6.07 Å². The molecule has 0 fully saturated rings. The van der Waals surface area contributed by atoms with Gasteiger partial charge in [-0.15, -0.1) is 0 Å². The number of ether oxygens (including phenoxy) is 1. The lowest BCUT2D eigenvalue weighted by Crippen LogP contribution is -2.40. The first-order valence-corrected chi connectivity index (χ1v) is 7.61. The van der Waals surface area contributed by atoms with Gasteiger partial charge in [-0.05, 0) is 47.0 Å². The Morgan fingerprint density at radius 1 is 1.00 bits per heavy atom. The lowest BCUT2D eigenvalue weighted by Gasteiger charge is -2.10. The van der Waals surface area contributed by atoms with E-state index in [0.717, 1.165) is 22.1 Å². The molecule has 1 amide bonds. The van der Waals surface area contributed by atoms with E-state index >= 15 is 0 Å². The lowest BCUT2D eigenvalue weighted by atomic mass is 10.1. The topological polar surface area (TPSA) is 84.6 Å². The molecular formula is C19H18N2O3. The highest BCUT2D eigenvalue weighted by Gasteiger charge is 2.12. The zero-order valence-corrected chi connectivity index (χ0v) is 13.0. The van der Waals surface area contributed by atoms with Gasteiger partial charge >= 0.3 is 0 Å². The molecule has 24 heavy (non-hydrogen) atoms. The van der Waals surface area contributed by atoms with Crippen molar-refractivity contribution in [2.24, 2.45) is 5.73 Å². The van der Waals surface area contributed by atoms with E-state index in [-0.39, 0.29) is 0 Å². The first kappa shape index (κ1) is 16.0. The molecule has 5 nitrogen and oxygen atoms in total. The Morgan fingerprint density at radius 2 is 1.67 bits per heavy atom. The fraction of sp³-hybridized carbons (Fsp3) is 0.105. The van der Waals surface area contributed by atoms with E-state index in [0.29, 0.717) is 12.2 Å². The van der Waals surface area contributed by atoms with Crippen molar-refractivity contribution in [2.45, 2.75) is 12.5 Å². The Hall–Kier alpha value is -2.89. The minimum atomic E-state index is -0.790. The van der Waals surface area contributed by atoms with Gasteiger partial charge in [-0.3, -0.25) is 10.0 Å². The Labute approximate surface area is 139 Å². The van der Waals surface area contributed by atoms with Crippen LogP contribution in [0.15, 0.2) is 66.7 Å².